The second-order valence-electron chi connectivity index (χ2n) is 7.91. The number of fused-ring (bicyclic) bond motifs is 1. The number of ketones is 1. The molecule has 0 amide bonds. The van der Waals surface area contributed by atoms with Gasteiger partial charge in [0.05, 0.1) is 34.0 Å². The predicted octanol–water partition coefficient (Wildman–Crippen LogP) is 4.00. The number of carbonyl (C=O) groups is 1. The third-order valence-corrected chi connectivity index (χ3v) is 6.12. The average molecular weight is 439 g/mol. The van der Waals surface area contributed by atoms with Gasteiger partial charge in [0.25, 0.3) is 0 Å². The van der Waals surface area contributed by atoms with E-state index >= 15 is 0 Å². The monoisotopic (exact) mass is 438 g/mol. The SMILES string of the molecule is COc1ccc2c(C(=O)c3cc(OC)c(OC)c(OC)c3)cn(CCN3CCCC3)c2c1. The molecule has 0 spiro atoms. The highest BCUT2D eigenvalue weighted by molar-refractivity contribution is 6.17. The van der Waals surface area contributed by atoms with Gasteiger partial charge in [-0.1, -0.05) is 0 Å². The molecule has 170 valence electrons. The van der Waals surface area contributed by atoms with Crippen molar-refractivity contribution in [1.29, 1.82) is 0 Å². The van der Waals surface area contributed by atoms with Gasteiger partial charge in [-0.25, -0.2) is 0 Å². The normalized spacial score (nSPS) is 14.0. The number of methoxy groups -OCH3 is 4. The van der Waals surface area contributed by atoms with Crippen molar-refractivity contribution in [3.8, 4) is 23.0 Å². The summed E-state index contributed by atoms with van der Waals surface area (Å²) >= 11 is 0. The van der Waals surface area contributed by atoms with E-state index in [1.807, 2.05) is 24.4 Å². The second-order valence-corrected chi connectivity index (χ2v) is 7.91. The van der Waals surface area contributed by atoms with Crippen LogP contribution in [-0.2, 0) is 6.54 Å². The quantitative estimate of drug-likeness (QED) is 0.471. The summed E-state index contributed by atoms with van der Waals surface area (Å²) in [5.74, 6) is 2.04. The highest BCUT2D eigenvalue weighted by Gasteiger charge is 2.22. The Hall–Kier alpha value is -3.19. The highest BCUT2D eigenvalue weighted by Crippen LogP contribution is 2.39. The minimum atomic E-state index is -0.0978. The first kappa shape index (κ1) is 22.0. The van der Waals surface area contributed by atoms with Crippen LogP contribution in [-0.4, -0.2) is 63.3 Å². The molecule has 4 rings (SSSR count). The van der Waals surface area contributed by atoms with Crippen molar-refractivity contribution in [3.63, 3.8) is 0 Å². The van der Waals surface area contributed by atoms with Crippen LogP contribution >= 0.6 is 0 Å². The van der Waals surface area contributed by atoms with E-state index in [1.54, 1.807) is 40.6 Å². The molecule has 0 atom stereocenters. The van der Waals surface area contributed by atoms with Crippen LogP contribution < -0.4 is 18.9 Å². The van der Waals surface area contributed by atoms with Crippen LogP contribution in [0.25, 0.3) is 10.9 Å². The molecule has 7 heteroatoms. The van der Waals surface area contributed by atoms with Crippen molar-refractivity contribution in [2.24, 2.45) is 0 Å². The number of hydrogen-bond donors (Lipinski definition) is 0. The summed E-state index contributed by atoms with van der Waals surface area (Å²) in [6.07, 6.45) is 4.46. The van der Waals surface area contributed by atoms with Gasteiger partial charge in [-0.2, -0.15) is 0 Å². The first-order chi connectivity index (χ1) is 15.6. The molecule has 2 heterocycles. The van der Waals surface area contributed by atoms with E-state index < -0.39 is 0 Å². The zero-order chi connectivity index (χ0) is 22.7. The minimum absolute atomic E-state index is 0.0978. The molecular formula is C25H30N2O5. The molecule has 0 aliphatic carbocycles. The Morgan fingerprint density at radius 2 is 1.56 bits per heavy atom. The van der Waals surface area contributed by atoms with Crippen LogP contribution in [0.5, 0.6) is 23.0 Å². The number of carbonyl (C=O) groups excluding carboxylic acids is 1. The van der Waals surface area contributed by atoms with Gasteiger partial charge < -0.3 is 28.4 Å². The lowest BCUT2D eigenvalue weighted by Crippen LogP contribution is -2.23. The molecule has 1 fully saturated rings. The summed E-state index contributed by atoms with van der Waals surface area (Å²) in [5, 5.41) is 0.894. The number of nitrogens with zero attached hydrogens (tertiary/aromatic N) is 2. The molecule has 0 saturated carbocycles. The molecule has 1 aliphatic heterocycles. The number of rotatable bonds is 9. The maximum Gasteiger partial charge on any atom is 0.203 e. The first-order valence-corrected chi connectivity index (χ1v) is 10.8. The fraction of sp³-hybridized carbons (Fsp3) is 0.400. The number of ether oxygens (including phenoxy) is 4. The van der Waals surface area contributed by atoms with Gasteiger partial charge in [-0.15, -0.1) is 0 Å². The first-order valence-electron chi connectivity index (χ1n) is 10.8. The Labute approximate surface area is 188 Å². The minimum Gasteiger partial charge on any atom is -0.497 e. The van der Waals surface area contributed by atoms with Gasteiger partial charge in [0, 0.05) is 41.9 Å². The molecule has 0 bridgehead atoms. The van der Waals surface area contributed by atoms with Gasteiger partial charge in [0.2, 0.25) is 5.75 Å². The summed E-state index contributed by atoms with van der Waals surface area (Å²) in [5.41, 5.74) is 2.10. The molecule has 1 saturated heterocycles. The molecule has 1 aromatic heterocycles. The van der Waals surface area contributed by atoms with Gasteiger partial charge in [0.15, 0.2) is 17.3 Å². The molecule has 1 aliphatic rings. The lowest BCUT2D eigenvalue weighted by atomic mass is 10.0. The Balaban J connectivity index is 1.75. The fourth-order valence-electron chi connectivity index (χ4n) is 4.39. The lowest BCUT2D eigenvalue weighted by molar-refractivity contribution is 0.103. The topological polar surface area (TPSA) is 62.2 Å². The Kier molecular flexibility index (Phi) is 6.55. The Morgan fingerprint density at radius 1 is 0.875 bits per heavy atom. The van der Waals surface area contributed by atoms with Gasteiger partial charge >= 0.3 is 0 Å². The van der Waals surface area contributed by atoms with Crippen LogP contribution in [0.3, 0.4) is 0 Å². The molecular weight excluding hydrogens is 408 g/mol. The van der Waals surface area contributed by atoms with Crippen LogP contribution in [0.15, 0.2) is 36.5 Å². The third kappa shape index (κ3) is 4.12. The lowest BCUT2D eigenvalue weighted by Gasteiger charge is -2.15. The molecule has 2 aromatic carbocycles. The molecule has 3 aromatic rings. The Bertz CT molecular complexity index is 1090. The van der Waals surface area contributed by atoms with Crippen LogP contribution in [0.4, 0.5) is 0 Å². The highest BCUT2D eigenvalue weighted by atomic mass is 16.5. The fourth-order valence-corrected chi connectivity index (χ4v) is 4.39. The van der Waals surface area contributed by atoms with Crippen molar-refractivity contribution < 1.29 is 23.7 Å². The number of likely N-dealkylation sites (tertiary alicyclic amines) is 1. The summed E-state index contributed by atoms with van der Waals surface area (Å²) in [6, 6.07) is 9.22. The van der Waals surface area contributed by atoms with E-state index in [0.717, 1.165) is 42.8 Å². The van der Waals surface area contributed by atoms with Crippen LogP contribution in [0.2, 0.25) is 0 Å². The van der Waals surface area contributed by atoms with Gasteiger partial charge in [-0.05, 0) is 50.2 Å². The van der Waals surface area contributed by atoms with Crippen molar-refractivity contribution in [1.82, 2.24) is 9.47 Å². The van der Waals surface area contributed by atoms with E-state index in [9.17, 15) is 4.79 Å². The molecule has 32 heavy (non-hydrogen) atoms. The zero-order valence-corrected chi connectivity index (χ0v) is 19.1. The van der Waals surface area contributed by atoms with E-state index in [4.69, 9.17) is 18.9 Å². The summed E-state index contributed by atoms with van der Waals surface area (Å²) < 4.78 is 23.9. The van der Waals surface area contributed by atoms with E-state index in [1.165, 1.54) is 12.8 Å². The van der Waals surface area contributed by atoms with Crippen molar-refractivity contribution in [2.45, 2.75) is 19.4 Å². The maximum absolute atomic E-state index is 13.6. The summed E-state index contributed by atoms with van der Waals surface area (Å²) in [4.78, 5) is 16.1. The average Bonchev–Trinajstić information content (AvgIpc) is 3.48. The van der Waals surface area contributed by atoms with Gasteiger partial charge in [0.1, 0.15) is 5.75 Å². The molecule has 7 nitrogen and oxygen atoms in total. The predicted molar refractivity (Wildman–Crippen MR) is 124 cm³/mol. The number of benzene rings is 2. The number of aromatic nitrogens is 1. The van der Waals surface area contributed by atoms with Gasteiger partial charge in [-0.3, -0.25) is 4.79 Å². The van der Waals surface area contributed by atoms with Crippen LogP contribution in [0, 0.1) is 0 Å². The van der Waals surface area contributed by atoms with Crippen molar-refractivity contribution >= 4 is 16.7 Å². The second kappa shape index (κ2) is 9.53. The molecule has 0 radical (unpaired) electrons. The van der Waals surface area contributed by atoms with Crippen molar-refractivity contribution in [2.75, 3.05) is 48.1 Å². The smallest absolute Gasteiger partial charge is 0.203 e. The van der Waals surface area contributed by atoms with Crippen molar-refractivity contribution in [3.05, 3.63) is 47.7 Å². The molecule has 0 N–H and O–H groups in total. The largest absolute Gasteiger partial charge is 0.497 e. The third-order valence-electron chi connectivity index (χ3n) is 6.12. The Morgan fingerprint density at radius 3 is 2.16 bits per heavy atom. The standard InChI is InChI=1S/C25H30N2O5/c1-29-18-7-8-19-20(16-27(21(19)15-18)12-11-26-9-5-6-10-26)24(28)17-13-22(30-2)25(32-4)23(14-17)31-3/h7-8,13-16H,5-6,9-12H2,1-4H3. The van der Waals surface area contributed by atoms with E-state index in [0.29, 0.717) is 28.4 Å². The number of hydrogen-bond acceptors (Lipinski definition) is 6. The molecule has 0 unspecified atom stereocenters. The summed E-state index contributed by atoms with van der Waals surface area (Å²) in [6.45, 7) is 4.05. The summed E-state index contributed by atoms with van der Waals surface area (Å²) in [7, 11) is 6.29. The van der Waals surface area contributed by atoms with E-state index in [2.05, 4.69) is 9.47 Å². The van der Waals surface area contributed by atoms with Crippen LogP contribution in [0.1, 0.15) is 28.8 Å². The maximum atomic E-state index is 13.6. The zero-order valence-electron chi connectivity index (χ0n) is 19.1. The van der Waals surface area contributed by atoms with E-state index in [-0.39, 0.29) is 5.78 Å².